The van der Waals surface area contributed by atoms with Gasteiger partial charge in [0, 0.05) is 6.42 Å². The molecule has 8 heteroatoms. The molecular weight excluding hydrogens is 309 g/mol. The Morgan fingerprint density at radius 2 is 1.90 bits per heavy atom. The first-order valence-corrected chi connectivity index (χ1v) is 6.55. The molecule has 0 saturated heterocycles. The zero-order valence-electron chi connectivity index (χ0n) is 10.8. The fraction of sp³-hybridized carbons (Fsp3) is 0.385. The third kappa shape index (κ3) is 5.02. The van der Waals surface area contributed by atoms with Gasteiger partial charge >= 0.3 is 6.18 Å². The smallest absolute Gasteiger partial charge is 0.411 e. The van der Waals surface area contributed by atoms with Gasteiger partial charge in [-0.2, -0.15) is 13.2 Å². The zero-order valence-corrected chi connectivity index (χ0v) is 11.6. The molecule has 1 unspecified atom stereocenters. The largest absolute Gasteiger partial charge is 0.423 e. The topological polar surface area (TPSA) is 48.2 Å². The predicted molar refractivity (Wildman–Crippen MR) is 69.0 cm³/mol. The first kappa shape index (κ1) is 15.8. The Kier molecular flexibility index (Phi) is 5.19. The second-order valence-electron chi connectivity index (χ2n) is 4.23. The first-order chi connectivity index (χ1) is 9.96. The molecule has 2 aromatic rings. The summed E-state index contributed by atoms with van der Waals surface area (Å²) < 4.78 is 45.4. The van der Waals surface area contributed by atoms with Crippen LogP contribution in [0.2, 0.25) is 0 Å². The molecule has 0 aliphatic heterocycles. The van der Waals surface area contributed by atoms with Gasteiger partial charge in [-0.25, -0.2) is 0 Å². The van der Waals surface area contributed by atoms with Crippen molar-refractivity contribution < 1.29 is 22.3 Å². The molecule has 4 nitrogen and oxygen atoms in total. The highest BCUT2D eigenvalue weighted by Gasteiger charge is 2.27. The average Bonchev–Trinajstić information content (AvgIpc) is 2.91. The molecule has 0 fully saturated rings. The number of halogens is 4. The molecule has 0 aliphatic carbocycles. The fourth-order valence-corrected chi connectivity index (χ4v) is 1.82. The standard InChI is InChI=1S/C13H12ClF3N2O2/c14-11(9-4-2-1-3-5-9)12-19-18-10(21-12)6-7-20-8-13(15,16)17/h1-5,11H,6-8H2. The fourth-order valence-electron chi connectivity index (χ4n) is 1.58. The van der Waals surface area contributed by atoms with Crippen LogP contribution >= 0.6 is 11.6 Å². The van der Waals surface area contributed by atoms with Crippen LogP contribution in [0.3, 0.4) is 0 Å². The molecule has 114 valence electrons. The Hall–Kier alpha value is -1.60. The summed E-state index contributed by atoms with van der Waals surface area (Å²) in [4.78, 5) is 0. The van der Waals surface area contributed by atoms with Crippen LogP contribution in [0.4, 0.5) is 13.2 Å². The van der Waals surface area contributed by atoms with E-state index in [1.807, 2.05) is 30.3 Å². The monoisotopic (exact) mass is 320 g/mol. The van der Waals surface area contributed by atoms with E-state index in [1.54, 1.807) is 0 Å². The molecule has 0 saturated carbocycles. The minimum absolute atomic E-state index is 0.0987. The maximum absolute atomic E-state index is 11.9. The average molecular weight is 321 g/mol. The minimum Gasteiger partial charge on any atom is -0.423 e. The molecule has 1 heterocycles. The van der Waals surface area contributed by atoms with Crippen LogP contribution in [0.25, 0.3) is 0 Å². The molecule has 0 radical (unpaired) electrons. The highest BCUT2D eigenvalue weighted by atomic mass is 35.5. The van der Waals surface area contributed by atoms with Gasteiger partial charge in [-0.1, -0.05) is 30.3 Å². The summed E-state index contributed by atoms with van der Waals surface area (Å²) in [6.45, 7) is -1.45. The van der Waals surface area contributed by atoms with Gasteiger partial charge in [-0.3, -0.25) is 0 Å². The van der Waals surface area contributed by atoms with Crippen LogP contribution in [-0.2, 0) is 11.2 Å². The van der Waals surface area contributed by atoms with Crippen molar-refractivity contribution in [3.8, 4) is 0 Å². The SMILES string of the molecule is FC(F)(F)COCCc1nnc(C(Cl)c2ccccc2)o1. The lowest BCUT2D eigenvalue weighted by atomic mass is 10.1. The van der Waals surface area contributed by atoms with Crippen LogP contribution in [0.5, 0.6) is 0 Å². The van der Waals surface area contributed by atoms with E-state index in [1.165, 1.54) is 0 Å². The molecule has 1 aromatic carbocycles. The van der Waals surface area contributed by atoms with Gasteiger partial charge in [0.2, 0.25) is 11.8 Å². The highest BCUT2D eigenvalue weighted by molar-refractivity contribution is 6.22. The van der Waals surface area contributed by atoms with Crippen molar-refractivity contribution in [1.82, 2.24) is 10.2 Å². The number of aromatic nitrogens is 2. The Bertz CT molecular complexity index is 560. The Morgan fingerprint density at radius 3 is 2.57 bits per heavy atom. The van der Waals surface area contributed by atoms with E-state index in [0.29, 0.717) is 0 Å². The van der Waals surface area contributed by atoms with Crippen molar-refractivity contribution >= 4 is 11.6 Å². The number of rotatable bonds is 6. The number of alkyl halides is 4. The molecule has 1 aromatic heterocycles. The molecule has 0 aliphatic rings. The second-order valence-corrected chi connectivity index (χ2v) is 4.66. The molecule has 21 heavy (non-hydrogen) atoms. The second kappa shape index (κ2) is 6.91. The van der Waals surface area contributed by atoms with Crippen molar-refractivity contribution in [3.05, 3.63) is 47.7 Å². The summed E-state index contributed by atoms with van der Waals surface area (Å²) in [5.41, 5.74) is 0.794. The van der Waals surface area contributed by atoms with Crippen LogP contribution in [0.15, 0.2) is 34.7 Å². The van der Waals surface area contributed by atoms with Crippen molar-refractivity contribution in [1.29, 1.82) is 0 Å². The maximum Gasteiger partial charge on any atom is 0.411 e. The molecule has 2 rings (SSSR count). The number of nitrogens with zero attached hydrogens (tertiary/aromatic N) is 2. The molecule has 0 spiro atoms. The van der Waals surface area contributed by atoms with E-state index in [2.05, 4.69) is 14.9 Å². The van der Waals surface area contributed by atoms with E-state index in [0.717, 1.165) is 5.56 Å². The lowest BCUT2D eigenvalue weighted by molar-refractivity contribution is -0.173. The van der Waals surface area contributed by atoms with Crippen molar-refractivity contribution in [3.63, 3.8) is 0 Å². The summed E-state index contributed by atoms with van der Waals surface area (Å²) in [7, 11) is 0. The quantitative estimate of drug-likeness (QED) is 0.603. The van der Waals surface area contributed by atoms with Gasteiger partial charge in [0.15, 0.2) is 0 Å². The van der Waals surface area contributed by atoms with E-state index in [-0.39, 0.29) is 24.8 Å². The lowest BCUT2D eigenvalue weighted by Gasteiger charge is -2.06. The summed E-state index contributed by atoms with van der Waals surface area (Å²) in [5, 5.41) is 6.93. The number of hydrogen-bond donors (Lipinski definition) is 0. The van der Waals surface area contributed by atoms with Crippen LogP contribution in [0, 0.1) is 0 Å². The Labute approximate surface area is 123 Å². The number of hydrogen-bond acceptors (Lipinski definition) is 4. The molecule has 0 N–H and O–H groups in total. The third-order valence-corrected chi connectivity index (χ3v) is 2.96. The van der Waals surface area contributed by atoms with Crippen LogP contribution in [0.1, 0.15) is 22.7 Å². The van der Waals surface area contributed by atoms with E-state index >= 15 is 0 Å². The Balaban J connectivity index is 1.87. The summed E-state index contributed by atoms with van der Waals surface area (Å²) in [6.07, 6.45) is -4.24. The van der Waals surface area contributed by atoms with Gasteiger partial charge in [0.25, 0.3) is 0 Å². The third-order valence-electron chi connectivity index (χ3n) is 2.52. The predicted octanol–water partition coefficient (Wildman–Crippen LogP) is 3.52. The van der Waals surface area contributed by atoms with E-state index < -0.39 is 18.2 Å². The lowest BCUT2D eigenvalue weighted by Crippen LogP contribution is -2.18. The van der Waals surface area contributed by atoms with Crippen LogP contribution < -0.4 is 0 Å². The van der Waals surface area contributed by atoms with Crippen molar-refractivity contribution in [2.45, 2.75) is 18.0 Å². The van der Waals surface area contributed by atoms with Gasteiger partial charge in [-0.05, 0) is 5.56 Å². The van der Waals surface area contributed by atoms with Gasteiger partial charge in [0.1, 0.15) is 12.0 Å². The van der Waals surface area contributed by atoms with Crippen molar-refractivity contribution in [2.75, 3.05) is 13.2 Å². The van der Waals surface area contributed by atoms with Crippen molar-refractivity contribution in [2.24, 2.45) is 0 Å². The van der Waals surface area contributed by atoms with Gasteiger partial charge in [0.05, 0.1) is 6.61 Å². The summed E-state index contributed by atoms with van der Waals surface area (Å²) in [6, 6.07) is 9.13. The number of benzene rings is 1. The first-order valence-electron chi connectivity index (χ1n) is 6.11. The van der Waals surface area contributed by atoms with E-state index in [9.17, 15) is 13.2 Å². The summed E-state index contributed by atoms with van der Waals surface area (Å²) >= 11 is 6.19. The zero-order chi connectivity index (χ0) is 15.3. The molecule has 1 atom stereocenters. The number of ether oxygens (including phenoxy) is 1. The molecular formula is C13H12ClF3N2O2. The molecule has 0 amide bonds. The van der Waals surface area contributed by atoms with E-state index in [4.69, 9.17) is 16.0 Å². The summed E-state index contributed by atoms with van der Waals surface area (Å²) in [5.74, 6) is 0.391. The maximum atomic E-state index is 11.9. The van der Waals surface area contributed by atoms with Gasteiger partial charge in [-0.15, -0.1) is 21.8 Å². The molecule has 0 bridgehead atoms. The normalized spacial score (nSPS) is 13.3. The van der Waals surface area contributed by atoms with Crippen LogP contribution in [-0.4, -0.2) is 29.6 Å². The van der Waals surface area contributed by atoms with Gasteiger partial charge < -0.3 is 9.15 Å². The highest BCUT2D eigenvalue weighted by Crippen LogP contribution is 2.27. The Morgan fingerprint density at radius 1 is 1.19 bits per heavy atom. The minimum atomic E-state index is -4.34.